The van der Waals surface area contributed by atoms with E-state index in [1.54, 1.807) is 0 Å². The highest BCUT2D eigenvalue weighted by Gasteiger charge is 2.33. The molecule has 1 nitrogen and oxygen atoms in total. The van der Waals surface area contributed by atoms with Gasteiger partial charge in [0.15, 0.2) is 0 Å². The largest absolute Gasteiger partial charge is 0.370 e. The second-order valence-electron chi connectivity index (χ2n) is 5.27. The summed E-state index contributed by atoms with van der Waals surface area (Å²) in [6, 6.07) is 0. The minimum absolute atomic E-state index is 0.0928. The quantitative estimate of drug-likeness (QED) is 0.614. The van der Waals surface area contributed by atoms with Gasteiger partial charge in [-0.2, -0.15) is 0 Å². The summed E-state index contributed by atoms with van der Waals surface area (Å²) in [6.45, 7) is 5.28. The summed E-state index contributed by atoms with van der Waals surface area (Å²) < 4.78 is 6.29. The Kier molecular flexibility index (Phi) is 4.60. The van der Waals surface area contributed by atoms with E-state index in [2.05, 4.69) is 50.3 Å². The first-order chi connectivity index (χ1) is 8.77. The average Bonchev–Trinajstić information content (AvgIpc) is 2.86. The zero-order valence-corrected chi connectivity index (χ0v) is 11.6. The molecule has 0 saturated heterocycles. The molecule has 0 spiro atoms. The van der Waals surface area contributed by atoms with Crippen molar-refractivity contribution >= 4 is 0 Å². The molecule has 0 aromatic rings. The topological polar surface area (TPSA) is 9.23 Å². The third-order valence-corrected chi connectivity index (χ3v) is 3.86. The Morgan fingerprint density at radius 1 is 1.33 bits per heavy atom. The van der Waals surface area contributed by atoms with E-state index in [9.17, 15) is 0 Å². The molecule has 18 heavy (non-hydrogen) atoms. The molecule has 0 aliphatic heterocycles. The summed E-state index contributed by atoms with van der Waals surface area (Å²) in [5, 5.41) is 0. The Balaban J connectivity index is 2.09. The van der Waals surface area contributed by atoms with Gasteiger partial charge in [0.1, 0.15) is 0 Å². The standard InChI is InChI=1S/C17H24O/c1-3-4-13-18-17(12-8-7-9-15(17)2)14-16-10-5-6-11-16/h5,7-11H,3-4,6,12-14H2,1-2H3. The predicted molar refractivity (Wildman–Crippen MR) is 77.6 cm³/mol. The Bertz CT molecular complexity index is 398. The average molecular weight is 244 g/mol. The van der Waals surface area contributed by atoms with Crippen molar-refractivity contribution in [1.29, 1.82) is 0 Å². The summed E-state index contributed by atoms with van der Waals surface area (Å²) in [4.78, 5) is 0. The Morgan fingerprint density at radius 2 is 2.22 bits per heavy atom. The highest BCUT2D eigenvalue weighted by atomic mass is 16.5. The molecule has 2 aliphatic carbocycles. The van der Waals surface area contributed by atoms with E-state index >= 15 is 0 Å². The number of hydrogen-bond donors (Lipinski definition) is 0. The van der Waals surface area contributed by atoms with Crippen LogP contribution in [0.1, 0.15) is 46.0 Å². The van der Waals surface area contributed by atoms with E-state index in [0.29, 0.717) is 0 Å². The summed E-state index contributed by atoms with van der Waals surface area (Å²) in [5.74, 6) is 0. The van der Waals surface area contributed by atoms with Gasteiger partial charge in [-0.15, -0.1) is 0 Å². The van der Waals surface area contributed by atoms with Gasteiger partial charge in [-0.25, -0.2) is 0 Å². The maximum absolute atomic E-state index is 6.29. The fourth-order valence-electron chi connectivity index (χ4n) is 2.60. The highest BCUT2D eigenvalue weighted by Crippen LogP contribution is 2.37. The monoisotopic (exact) mass is 244 g/mol. The molecule has 1 atom stereocenters. The van der Waals surface area contributed by atoms with Crippen molar-refractivity contribution in [1.82, 2.24) is 0 Å². The molecule has 2 aliphatic rings. The first-order valence-corrected chi connectivity index (χ1v) is 7.10. The molecule has 0 fully saturated rings. The van der Waals surface area contributed by atoms with Gasteiger partial charge in [-0.05, 0) is 37.3 Å². The van der Waals surface area contributed by atoms with Crippen LogP contribution in [0.4, 0.5) is 0 Å². The number of unbranched alkanes of at least 4 members (excludes halogenated alkanes) is 1. The molecule has 0 N–H and O–H groups in total. The molecule has 0 bridgehead atoms. The maximum Gasteiger partial charge on any atom is 0.0966 e. The third kappa shape index (κ3) is 3.02. The molecule has 0 saturated carbocycles. The van der Waals surface area contributed by atoms with Crippen LogP contribution in [0, 0.1) is 0 Å². The van der Waals surface area contributed by atoms with Crippen molar-refractivity contribution in [3.63, 3.8) is 0 Å². The summed E-state index contributed by atoms with van der Waals surface area (Å²) in [5.41, 5.74) is 2.70. The van der Waals surface area contributed by atoms with Crippen LogP contribution in [0.2, 0.25) is 0 Å². The molecule has 2 rings (SSSR count). The molecule has 1 unspecified atom stereocenters. The number of allylic oxidation sites excluding steroid dienone is 5. The van der Waals surface area contributed by atoms with Crippen LogP contribution < -0.4 is 0 Å². The first-order valence-electron chi connectivity index (χ1n) is 7.10. The van der Waals surface area contributed by atoms with Gasteiger partial charge in [-0.3, -0.25) is 0 Å². The van der Waals surface area contributed by atoms with Crippen LogP contribution >= 0.6 is 0 Å². The summed E-state index contributed by atoms with van der Waals surface area (Å²) in [6.07, 6.45) is 18.8. The van der Waals surface area contributed by atoms with Gasteiger partial charge in [0.05, 0.1) is 5.60 Å². The van der Waals surface area contributed by atoms with Crippen molar-refractivity contribution in [3.05, 3.63) is 47.6 Å². The Labute approximate surface area is 111 Å². The zero-order valence-electron chi connectivity index (χ0n) is 11.6. The SMILES string of the molecule is CCCCOC1(CC2=CCC=C2)CC=CC=C1C. The van der Waals surface area contributed by atoms with Crippen molar-refractivity contribution in [2.45, 2.75) is 51.6 Å². The minimum atomic E-state index is -0.0928. The Morgan fingerprint density at radius 3 is 2.89 bits per heavy atom. The van der Waals surface area contributed by atoms with Crippen LogP contribution in [0.5, 0.6) is 0 Å². The summed E-state index contributed by atoms with van der Waals surface area (Å²) >= 11 is 0. The maximum atomic E-state index is 6.29. The van der Waals surface area contributed by atoms with Gasteiger partial charge in [0.2, 0.25) is 0 Å². The lowest BCUT2D eigenvalue weighted by atomic mass is 9.82. The van der Waals surface area contributed by atoms with Crippen LogP contribution in [0.15, 0.2) is 47.6 Å². The molecule has 98 valence electrons. The van der Waals surface area contributed by atoms with Gasteiger partial charge in [-0.1, -0.05) is 49.8 Å². The third-order valence-electron chi connectivity index (χ3n) is 3.86. The lowest BCUT2D eigenvalue weighted by Gasteiger charge is -2.36. The van der Waals surface area contributed by atoms with E-state index in [0.717, 1.165) is 32.3 Å². The zero-order chi connectivity index (χ0) is 12.8. The minimum Gasteiger partial charge on any atom is -0.370 e. The van der Waals surface area contributed by atoms with Crippen LogP contribution in [0.25, 0.3) is 0 Å². The van der Waals surface area contributed by atoms with Crippen LogP contribution in [0.3, 0.4) is 0 Å². The molecular formula is C17H24O. The van der Waals surface area contributed by atoms with Gasteiger partial charge < -0.3 is 4.74 Å². The van der Waals surface area contributed by atoms with Crippen molar-refractivity contribution in [2.75, 3.05) is 6.61 Å². The second kappa shape index (κ2) is 6.19. The second-order valence-corrected chi connectivity index (χ2v) is 5.27. The number of hydrogen-bond acceptors (Lipinski definition) is 1. The van der Waals surface area contributed by atoms with Gasteiger partial charge >= 0.3 is 0 Å². The molecule has 1 heteroatoms. The number of rotatable bonds is 6. The molecular weight excluding hydrogens is 220 g/mol. The van der Waals surface area contributed by atoms with E-state index in [1.807, 2.05) is 0 Å². The van der Waals surface area contributed by atoms with Gasteiger partial charge in [0.25, 0.3) is 0 Å². The number of ether oxygens (including phenoxy) is 1. The highest BCUT2D eigenvalue weighted by molar-refractivity contribution is 5.35. The van der Waals surface area contributed by atoms with Crippen molar-refractivity contribution in [3.8, 4) is 0 Å². The molecule has 0 amide bonds. The predicted octanol–water partition coefficient (Wildman–Crippen LogP) is 4.72. The van der Waals surface area contributed by atoms with E-state index in [-0.39, 0.29) is 5.60 Å². The molecule has 0 aromatic heterocycles. The van der Waals surface area contributed by atoms with E-state index in [1.165, 1.54) is 17.6 Å². The fraction of sp³-hybridized carbons (Fsp3) is 0.529. The van der Waals surface area contributed by atoms with Crippen LogP contribution in [-0.2, 0) is 4.74 Å². The van der Waals surface area contributed by atoms with E-state index < -0.39 is 0 Å². The molecule has 0 radical (unpaired) electrons. The van der Waals surface area contributed by atoms with E-state index in [4.69, 9.17) is 4.74 Å². The van der Waals surface area contributed by atoms with Crippen molar-refractivity contribution in [2.24, 2.45) is 0 Å². The smallest absolute Gasteiger partial charge is 0.0966 e. The van der Waals surface area contributed by atoms with Gasteiger partial charge in [0, 0.05) is 13.0 Å². The Hall–Kier alpha value is -1.08. The molecule has 0 heterocycles. The lowest BCUT2D eigenvalue weighted by molar-refractivity contribution is -0.0166. The van der Waals surface area contributed by atoms with Crippen molar-refractivity contribution < 1.29 is 4.74 Å². The summed E-state index contributed by atoms with van der Waals surface area (Å²) in [7, 11) is 0. The lowest BCUT2D eigenvalue weighted by Crippen LogP contribution is -2.35. The fourth-order valence-corrected chi connectivity index (χ4v) is 2.60. The van der Waals surface area contributed by atoms with Crippen LogP contribution in [-0.4, -0.2) is 12.2 Å². The first kappa shape index (κ1) is 13.4. The molecule has 0 aromatic carbocycles. The normalized spacial score (nSPS) is 26.3.